The Balaban J connectivity index is 2.44. The molecule has 0 bridgehead atoms. The minimum Gasteiger partial charge on any atom is -0.393 e. The molecule has 0 radical (unpaired) electrons. The molecule has 1 aliphatic rings. The molecular weight excluding hydrogens is 190 g/mol. The highest BCUT2D eigenvalue weighted by Crippen LogP contribution is 2.44. The normalized spacial score (nSPS) is 38.9. The van der Waals surface area contributed by atoms with Crippen LogP contribution in [0.1, 0.15) is 19.8 Å². The highest BCUT2D eigenvalue weighted by atomic mass is 31.2. The Labute approximate surface area is 89.7 Å². The number of rotatable bonds is 3. The van der Waals surface area contributed by atoms with Gasteiger partial charge in [-0.25, -0.2) is 0 Å². The topological polar surface area (TPSA) is 20.2 Å². The molecule has 0 aromatic carbocycles. The molecule has 4 unspecified atom stereocenters. The van der Waals surface area contributed by atoms with E-state index >= 15 is 0 Å². The summed E-state index contributed by atoms with van der Waals surface area (Å²) in [6.07, 6.45) is 7.79. The smallest absolute Gasteiger partial charge is 0.105 e. The van der Waals surface area contributed by atoms with Gasteiger partial charge in [-0.15, -0.1) is 13.2 Å². The van der Waals surface area contributed by atoms with Crippen LogP contribution in [0, 0.1) is 11.8 Å². The van der Waals surface area contributed by atoms with E-state index in [9.17, 15) is 5.11 Å². The van der Waals surface area contributed by atoms with Crippen LogP contribution in [0.4, 0.5) is 0 Å². The van der Waals surface area contributed by atoms with Crippen LogP contribution in [-0.4, -0.2) is 44.8 Å². The van der Waals surface area contributed by atoms with Crippen molar-refractivity contribution in [1.29, 1.82) is 0 Å². The first-order valence-electron chi connectivity index (χ1n) is 5.66. The Morgan fingerprint density at radius 3 is 2.43 bits per heavy atom. The van der Waals surface area contributed by atoms with Gasteiger partial charge in [0.05, 0.1) is 6.10 Å². The Morgan fingerprint density at radius 2 is 2.07 bits per heavy atom. The molecule has 1 saturated carbocycles. The van der Waals surface area contributed by atoms with E-state index in [1.807, 2.05) is 0 Å². The standard InChI is InChI=1S/C11H24BOP/c1-8-10(12)7-9(11(8)13)5-6-14(2,3)4/h8-11,13H,2,5-7,12H2,1,3-4H3. The lowest BCUT2D eigenvalue weighted by atomic mass is 9.79. The van der Waals surface area contributed by atoms with Crippen molar-refractivity contribution >= 4 is 21.0 Å². The monoisotopic (exact) mass is 214 g/mol. The quantitative estimate of drug-likeness (QED) is 0.557. The fourth-order valence-electron chi connectivity index (χ4n) is 2.40. The molecule has 1 nitrogen and oxygen atoms in total. The van der Waals surface area contributed by atoms with Gasteiger partial charge in [0, 0.05) is 0 Å². The van der Waals surface area contributed by atoms with Crippen LogP contribution >= 0.6 is 6.89 Å². The first kappa shape index (κ1) is 12.4. The Morgan fingerprint density at radius 1 is 1.50 bits per heavy atom. The van der Waals surface area contributed by atoms with Gasteiger partial charge in [-0.2, -0.15) is 0 Å². The Kier molecular flexibility index (Phi) is 3.94. The molecule has 1 fully saturated rings. The number of aliphatic hydroxyl groups excluding tert-OH is 1. The second-order valence-electron chi connectivity index (χ2n) is 5.77. The van der Waals surface area contributed by atoms with Gasteiger partial charge in [0.2, 0.25) is 0 Å². The first-order chi connectivity index (χ1) is 6.31. The summed E-state index contributed by atoms with van der Waals surface area (Å²) in [4.78, 5) is 0. The number of hydrogen-bond acceptors (Lipinski definition) is 1. The van der Waals surface area contributed by atoms with E-state index < -0.39 is 6.89 Å². The number of aliphatic hydroxyl groups is 1. The van der Waals surface area contributed by atoms with E-state index in [2.05, 4.69) is 34.4 Å². The highest BCUT2D eigenvalue weighted by molar-refractivity contribution is 7.72. The van der Waals surface area contributed by atoms with E-state index in [0.717, 1.165) is 0 Å². The van der Waals surface area contributed by atoms with Gasteiger partial charge >= 0.3 is 0 Å². The second kappa shape index (κ2) is 4.45. The average molecular weight is 214 g/mol. The van der Waals surface area contributed by atoms with E-state index in [4.69, 9.17) is 0 Å². The minimum absolute atomic E-state index is 0.0588. The Bertz CT molecular complexity index is 235. The van der Waals surface area contributed by atoms with Crippen LogP contribution in [0.15, 0.2) is 0 Å². The molecular formula is C11H24BOP. The van der Waals surface area contributed by atoms with Crippen molar-refractivity contribution in [3.8, 4) is 0 Å². The zero-order chi connectivity index (χ0) is 10.9. The van der Waals surface area contributed by atoms with Crippen LogP contribution in [0.25, 0.3) is 0 Å². The van der Waals surface area contributed by atoms with Crippen LogP contribution in [-0.2, 0) is 0 Å². The summed E-state index contributed by atoms with van der Waals surface area (Å²) in [6.45, 7) is 5.84. The molecule has 1 rings (SSSR count). The maximum Gasteiger partial charge on any atom is 0.105 e. The van der Waals surface area contributed by atoms with E-state index in [0.29, 0.717) is 17.7 Å². The van der Waals surface area contributed by atoms with Gasteiger partial charge in [-0.1, -0.05) is 19.2 Å². The third-order valence-electron chi connectivity index (χ3n) is 3.70. The van der Waals surface area contributed by atoms with Gasteiger partial charge in [-0.3, -0.25) is 0 Å². The van der Waals surface area contributed by atoms with Gasteiger partial charge in [0.1, 0.15) is 7.85 Å². The Hall–Kier alpha value is 0.325. The molecule has 0 aromatic heterocycles. The van der Waals surface area contributed by atoms with Crippen LogP contribution < -0.4 is 0 Å². The van der Waals surface area contributed by atoms with Crippen molar-refractivity contribution < 1.29 is 5.11 Å². The minimum atomic E-state index is -0.895. The highest BCUT2D eigenvalue weighted by Gasteiger charge is 2.36. The summed E-state index contributed by atoms with van der Waals surface area (Å²) in [5.74, 6) is 1.73. The predicted octanol–water partition coefficient (Wildman–Crippen LogP) is 1.52. The van der Waals surface area contributed by atoms with E-state index in [1.165, 1.54) is 19.0 Å². The molecule has 0 spiro atoms. The third kappa shape index (κ3) is 3.17. The molecule has 0 saturated heterocycles. The van der Waals surface area contributed by atoms with Crippen molar-refractivity contribution in [3.63, 3.8) is 0 Å². The van der Waals surface area contributed by atoms with Crippen LogP contribution in [0.3, 0.4) is 0 Å². The van der Waals surface area contributed by atoms with Crippen LogP contribution in [0.5, 0.6) is 0 Å². The molecule has 0 amide bonds. The van der Waals surface area contributed by atoms with Gasteiger partial charge in [-0.05, 0) is 37.7 Å². The molecule has 0 aliphatic heterocycles. The second-order valence-corrected chi connectivity index (χ2v) is 10.1. The van der Waals surface area contributed by atoms with E-state index in [-0.39, 0.29) is 6.10 Å². The summed E-state index contributed by atoms with van der Waals surface area (Å²) in [6, 6.07) is 0. The fourth-order valence-corrected chi connectivity index (χ4v) is 3.43. The van der Waals surface area contributed by atoms with Gasteiger partial charge < -0.3 is 5.11 Å². The fraction of sp³-hybridized carbons (Fsp3) is 0.909. The third-order valence-corrected chi connectivity index (χ3v) is 5.17. The molecule has 1 N–H and O–H groups in total. The summed E-state index contributed by atoms with van der Waals surface area (Å²) in [5, 5.41) is 10.0. The molecule has 82 valence electrons. The number of hydrogen-bond donors (Lipinski definition) is 1. The van der Waals surface area contributed by atoms with Gasteiger partial charge in [0.15, 0.2) is 0 Å². The molecule has 14 heavy (non-hydrogen) atoms. The maximum absolute atomic E-state index is 10.0. The van der Waals surface area contributed by atoms with Gasteiger partial charge in [0.25, 0.3) is 0 Å². The van der Waals surface area contributed by atoms with Crippen molar-refractivity contribution in [2.24, 2.45) is 11.8 Å². The summed E-state index contributed by atoms with van der Waals surface area (Å²) >= 11 is 0. The molecule has 1 aliphatic carbocycles. The van der Waals surface area contributed by atoms with Crippen LogP contribution in [0.2, 0.25) is 5.82 Å². The summed E-state index contributed by atoms with van der Waals surface area (Å²) < 4.78 is 0. The zero-order valence-corrected chi connectivity index (χ0v) is 10.9. The first-order valence-corrected chi connectivity index (χ1v) is 8.72. The molecule has 4 atom stereocenters. The summed E-state index contributed by atoms with van der Waals surface area (Å²) in [5.41, 5.74) is 0. The zero-order valence-electron chi connectivity index (χ0n) is 10.0. The predicted molar refractivity (Wildman–Crippen MR) is 70.9 cm³/mol. The molecule has 0 heterocycles. The van der Waals surface area contributed by atoms with Crippen molar-refractivity contribution in [3.05, 3.63) is 0 Å². The lowest BCUT2D eigenvalue weighted by molar-refractivity contribution is 0.0967. The van der Waals surface area contributed by atoms with Crippen molar-refractivity contribution in [2.75, 3.05) is 19.5 Å². The van der Waals surface area contributed by atoms with E-state index in [1.54, 1.807) is 0 Å². The van der Waals surface area contributed by atoms with Crippen molar-refractivity contribution in [2.45, 2.75) is 31.7 Å². The largest absolute Gasteiger partial charge is 0.393 e. The lowest BCUT2D eigenvalue weighted by Gasteiger charge is -2.20. The lowest BCUT2D eigenvalue weighted by Crippen LogP contribution is -2.20. The maximum atomic E-state index is 10.0. The molecule has 3 heteroatoms. The summed E-state index contributed by atoms with van der Waals surface area (Å²) in [7, 11) is 2.26. The average Bonchev–Trinajstić information content (AvgIpc) is 2.28. The SMILES string of the molecule is BC1CC(CCP(=C)(C)C)C(O)C1C. The van der Waals surface area contributed by atoms with Crippen molar-refractivity contribution in [1.82, 2.24) is 0 Å². The molecule has 0 aromatic rings.